The maximum atomic E-state index is 13.8. The Kier molecular flexibility index (Phi) is 5.15. The number of fused-ring (bicyclic) bond motifs is 1. The van der Waals surface area contributed by atoms with Crippen LogP contribution in [-0.2, 0) is 9.59 Å². The molecule has 1 aliphatic rings. The number of rotatable bonds is 4. The van der Waals surface area contributed by atoms with Gasteiger partial charge in [-0.1, -0.05) is 60.1 Å². The first-order valence-corrected chi connectivity index (χ1v) is 10.4. The van der Waals surface area contributed by atoms with Crippen molar-refractivity contribution < 1.29 is 18.4 Å². The third-order valence-corrected chi connectivity index (χ3v) is 5.67. The molecule has 0 radical (unpaired) electrons. The van der Waals surface area contributed by atoms with E-state index in [1.54, 1.807) is 36.4 Å². The monoisotopic (exact) mass is 460 g/mol. The van der Waals surface area contributed by atoms with Gasteiger partial charge in [-0.05, 0) is 41.3 Å². The molecular formula is C26H15ClF2N2O2. The highest BCUT2D eigenvalue weighted by molar-refractivity contribution is 6.47. The molecule has 1 aliphatic heterocycles. The zero-order valence-electron chi connectivity index (χ0n) is 17.0. The van der Waals surface area contributed by atoms with Crippen LogP contribution >= 0.6 is 11.6 Å². The number of hydrogen-bond acceptors (Lipinski definition) is 3. The lowest BCUT2D eigenvalue weighted by Gasteiger charge is -2.18. The van der Waals surface area contributed by atoms with E-state index >= 15 is 0 Å². The highest BCUT2D eigenvalue weighted by atomic mass is 35.5. The Morgan fingerprint density at radius 1 is 0.758 bits per heavy atom. The summed E-state index contributed by atoms with van der Waals surface area (Å²) in [4.78, 5) is 28.3. The first-order valence-electron chi connectivity index (χ1n) is 10.0. The second-order valence-corrected chi connectivity index (χ2v) is 7.89. The van der Waals surface area contributed by atoms with E-state index in [4.69, 9.17) is 11.6 Å². The number of halogens is 3. The molecule has 0 saturated carbocycles. The third kappa shape index (κ3) is 3.64. The van der Waals surface area contributed by atoms with Crippen LogP contribution in [0.15, 0.2) is 90.6 Å². The van der Waals surface area contributed by atoms with Crippen LogP contribution in [0.5, 0.6) is 0 Å². The van der Waals surface area contributed by atoms with E-state index in [1.807, 2.05) is 30.3 Å². The smallest absolute Gasteiger partial charge is 0.282 e. The number of imide groups is 1. The first kappa shape index (κ1) is 20.8. The van der Waals surface area contributed by atoms with Crippen LogP contribution < -0.4 is 10.2 Å². The Balaban J connectivity index is 1.66. The molecule has 0 aliphatic carbocycles. The summed E-state index contributed by atoms with van der Waals surface area (Å²) in [5, 5.41) is 4.89. The van der Waals surface area contributed by atoms with Crippen molar-refractivity contribution in [3.63, 3.8) is 0 Å². The van der Waals surface area contributed by atoms with E-state index in [-0.39, 0.29) is 17.0 Å². The van der Waals surface area contributed by atoms with Crippen molar-refractivity contribution in [3.05, 3.63) is 113 Å². The number of benzene rings is 4. The van der Waals surface area contributed by atoms with Crippen molar-refractivity contribution in [2.75, 3.05) is 10.2 Å². The van der Waals surface area contributed by atoms with Gasteiger partial charge >= 0.3 is 0 Å². The zero-order chi connectivity index (χ0) is 23.1. The van der Waals surface area contributed by atoms with Crippen LogP contribution in [-0.4, -0.2) is 11.8 Å². The minimum absolute atomic E-state index is 0.0405. The standard InChI is InChI=1S/C26H15ClF2N2O2/c27-17-10-8-16(9-11-17)23-24(30-18-12-13-20(28)21(29)14-18)26(33)31(25(23)32)22-7-3-5-15-4-1-2-6-19(15)22/h1-14,30H. The third-order valence-electron chi connectivity index (χ3n) is 5.41. The molecule has 2 amide bonds. The molecule has 1 N–H and O–H groups in total. The van der Waals surface area contributed by atoms with Crippen molar-refractivity contribution in [2.24, 2.45) is 0 Å². The molecule has 4 nitrogen and oxygen atoms in total. The molecule has 5 rings (SSSR count). The number of nitrogens with one attached hydrogen (secondary N) is 1. The number of hydrogen-bond donors (Lipinski definition) is 1. The highest BCUT2D eigenvalue weighted by Gasteiger charge is 2.40. The van der Waals surface area contributed by atoms with Gasteiger partial charge in [0.05, 0.1) is 11.3 Å². The van der Waals surface area contributed by atoms with E-state index in [1.165, 1.54) is 6.07 Å². The van der Waals surface area contributed by atoms with Crippen molar-refractivity contribution in [2.45, 2.75) is 0 Å². The predicted octanol–water partition coefficient (Wildman–Crippen LogP) is 6.17. The van der Waals surface area contributed by atoms with Crippen LogP contribution in [0, 0.1) is 11.6 Å². The summed E-state index contributed by atoms with van der Waals surface area (Å²) >= 11 is 6.00. The predicted molar refractivity (Wildman–Crippen MR) is 125 cm³/mol. The van der Waals surface area contributed by atoms with Gasteiger partial charge in [-0.2, -0.15) is 0 Å². The summed E-state index contributed by atoms with van der Waals surface area (Å²) in [7, 11) is 0. The minimum Gasteiger partial charge on any atom is -0.350 e. The van der Waals surface area contributed by atoms with E-state index in [0.717, 1.165) is 27.8 Å². The Hall–Kier alpha value is -4.03. The molecule has 0 unspecified atom stereocenters. The quantitative estimate of drug-likeness (QED) is 0.371. The van der Waals surface area contributed by atoms with Gasteiger partial charge in [-0.3, -0.25) is 9.59 Å². The van der Waals surface area contributed by atoms with Crippen molar-refractivity contribution in [1.82, 2.24) is 0 Å². The van der Waals surface area contributed by atoms with Crippen molar-refractivity contribution in [1.29, 1.82) is 0 Å². The molecule has 1 heterocycles. The van der Waals surface area contributed by atoms with Gasteiger partial charge in [0.15, 0.2) is 11.6 Å². The van der Waals surface area contributed by atoms with Crippen LogP contribution in [0.25, 0.3) is 16.3 Å². The summed E-state index contributed by atoms with van der Waals surface area (Å²) in [6.45, 7) is 0. The lowest BCUT2D eigenvalue weighted by molar-refractivity contribution is -0.120. The number of nitrogens with zero attached hydrogens (tertiary/aromatic N) is 1. The van der Waals surface area contributed by atoms with Gasteiger partial charge in [0.1, 0.15) is 5.70 Å². The van der Waals surface area contributed by atoms with Gasteiger partial charge in [0.2, 0.25) is 0 Å². The highest BCUT2D eigenvalue weighted by Crippen LogP contribution is 2.37. The van der Waals surface area contributed by atoms with E-state index in [2.05, 4.69) is 5.32 Å². The SMILES string of the molecule is O=C1C(Nc2ccc(F)c(F)c2)=C(c2ccc(Cl)cc2)C(=O)N1c1cccc2ccccc12. The molecule has 7 heteroatoms. The van der Waals surface area contributed by atoms with Gasteiger partial charge in [-0.25, -0.2) is 13.7 Å². The molecule has 0 saturated heterocycles. The molecule has 0 aromatic heterocycles. The van der Waals surface area contributed by atoms with Crippen LogP contribution in [0.4, 0.5) is 20.2 Å². The lowest BCUT2D eigenvalue weighted by atomic mass is 10.0. The second-order valence-electron chi connectivity index (χ2n) is 7.45. The molecule has 0 spiro atoms. The van der Waals surface area contributed by atoms with Gasteiger partial charge in [0.25, 0.3) is 11.8 Å². The Morgan fingerprint density at radius 3 is 2.24 bits per heavy atom. The zero-order valence-corrected chi connectivity index (χ0v) is 17.7. The van der Waals surface area contributed by atoms with Crippen LogP contribution in [0.2, 0.25) is 5.02 Å². The molecule has 4 aromatic carbocycles. The summed E-state index contributed by atoms with van der Waals surface area (Å²) < 4.78 is 27.2. The summed E-state index contributed by atoms with van der Waals surface area (Å²) in [5.74, 6) is -3.23. The molecular weight excluding hydrogens is 446 g/mol. The number of carbonyl (C=O) groups excluding carboxylic acids is 2. The Bertz CT molecular complexity index is 1460. The second kappa shape index (κ2) is 8.15. The molecule has 162 valence electrons. The normalized spacial score (nSPS) is 13.8. The minimum atomic E-state index is -1.07. The lowest BCUT2D eigenvalue weighted by Crippen LogP contribution is -2.32. The Labute approximate surface area is 192 Å². The van der Waals surface area contributed by atoms with Crippen molar-refractivity contribution in [3.8, 4) is 0 Å². The van der Waals surface area contributed by atoms with Gasteiger partial charge in [-0.15, -0.1) is 0 Å². The fraction of sp³-hybridized carbons (Fsp3) is 0. The largest absolute Gasteiger partial charge is 0.350 e. The maximum absolute atomic E-state index is 13.8. The van der Waals surface area contributed by atoms with E-state index in [0.29, 0.717) is 16.3 Å². The molecule has 33 heavy (non-hydrogen) atoms. The molecule has 0 fully saturated rings. The van der Waals surface area contributed by atoms with E-state index in [9.17, 15) is 18.4 Å². The van der Waals surface area contributed by atoms with E-state index < -0.39 is 23.4 Å². The first-order chi connectivity index (χ1) is 15.9. The summed E-state index contributed by atoms with van der Waals surface area (Å²) in [6.07, 6.45) is 0. The van der Waals surface area contributed by atoms with Gasteiger partial charge in [0, 0.05) is 22.2 Å². The number of anilines is 2. The maximum Gasteiger partial charge on any atom is 0.282 e. The van der Waals surface area contributed by atoms with Crippen molar-refractivity contribution >= 4 is 51.1 Å². The average Bonchev–Trinajstić information content (AvgIpc) is 3.05. The van der Waals surface area contributed by atoms with Crippen LogP contribution in [0.3, 0.4) is 0 Å². The summed E-state index contributed by atoms with van der Waals surface area (Å²) in [6, 6.07) is 22.4. The van der Waals surface area contributed by atoms with Crippen LogP contribution in [0.1, 0.15) is 5.56 Å². The number of carbonyl (C=O) groups is 2. The van der Waals surface area contributed by atoms with Gasteiger partial charge < -0.3 is 5.32 Å². The molecule has 0 bridgehead atoms. The molecule has 4 aromatic rings. The average molecular weight is 461 g/mol. The number of amides is 2. The molecule has 0 atom stereocenters. The Morgan fingerprint density at radius 2 is 1.48 bits per heavy atom. The topological polar surface area (TPSA) is 49.4 Å². The fourth-order valence-corrected chi connectivity index (χ4v) is 4.00. The fourth-order valence-electron chi connectivity index (χ4n) is 3.87. The summed E-state index contributed by atoms with van der Waals surface area (Å²) in [5.41, 5.74) is 1.09.